The average molecular weight is 421 g/mol. The van der Waals surface area contributed by atoms with Gasteiger partial charge in [0.2, 0.25) is 0 Å². The van der Waals surface area contributed by atoms with E-state index in [0.717, 1.165) is 57.8 Å². The molecule has 1 saturated carbocycles. The van der Waals surface area contributed by atoms with E-state index >= 15 is 0 Å². The van der Waals surface area contributed by atoms with E-state index in [1.54, 1.807) is 12.1 Å². The van der Waals surface area contributed by atoms with Crippen molar-refractivity contribution in [3.63, 3.8) is 0 Å². The van der Waals surface area contributed by atoms with E-state index in [4.69, 9.17) is 4.99 Å². The molecule has 0 spiro atoms. The van der Waals surface area contributed by atoms with Gasteiger partial charge in [0.05, 0.1) is 6.54 Å². The zero-order chi connectivity index (χ0) is 21.5. The van der Waals surface area contributed by atoms with Gasteiger partial charge in [0.1, 0.15) is 0 Å². The highest BCUT2D eigenvalue weighted by Gasteiger charge is 2.43. The number of aromatic nitrogens is 2. The Morgan fingerprint density at radius 2 is 1.71 bits per heavy atom. The molecule has 1 saturated heterocycles. The normalized spacial score (nSPS) is 28.9. The summed E-state index contributed by atoms with van der Waals surface area (Å²) in [4.78, 5) is 31.9. The first kappa shape index (κ1) is 20.4. The molecule has 3 aliphatic heterocycles. The number of nitrogens with zero attached hydrogens (tertiary/aromatic N) is 4. The van der Waals surface area contributed by atoms with Crippen LogP contribution in [0.25, 0.3) is 0 Å². The van der Waals surface area contributed by atoms with Gasteiger partial charge in [-0.25, -0.2) is 0 Å². The minimum absolute atomic E-state index is 0.104. The second kappa shape index (κ2) is 8.23. The third kappa shape index (κ3) is 3.71. The zero-order valence-electron chi connectivity index (χ0n) is 18.5. The molecule has 0 radical (unpaired) electrons. The molecule has 4 unspecified atom stereocenters. The van der Waals surface area contributed by atoms with Crippen molar-refractivity contribution in [1.82, 2.24) is 14.0 Å². The number of likely N-dealkylation sites (tertiary alicyclic amines) is 1. The topological polar surface area (TPSA) is 59.6 Å². The van der Waals surface area contributed by atoms with Gasteiger partial charge in [-0.1, -0.05) is 19.1 Å². The first-order valence-electron chi connectivity index (χ1n) is 11.7. The van der Waals surface area contributed by atoms with Gasteiger partial charge in [-0.3, -0.25) is 14.6 Å². The SMILES string of the molecule is CCn1c(C2CC(C)CN(CC/N=C3\C4CC3c3cccc(=O)n3C4)C2)cccc1=O. The number of hydrogen-bond donors (Lipinski definition) is 0. The molecule has 2 bridgehead atoms. The van der Waals surface area contributed by atoms with Gasteiger partial charge in [0, 0.05) is 79.7 Å². The zero-order valence-corrected chi connectivity index (χ0v) is 18.5. The van der Waals surface area contributed by atoms with Crippen LogP contribution in [0.2, 0.25) is 0 Å². The highest BCUT2D eigenvalue weighted by molar-refractivity contribution is 5.98. The van der Waals surface area contributed by atoms with Gasteiger partial charge in [-0.2, -0.15) is 0 Å². The Labute approximate surface area is 183 Å². The van der Waals surface area contributed by atoms with Crippen molar-refractivity contribution in [3.8, 4) is 0 Å². The molecular formula is C25H32N4O2. The summed E-state index contributed by atoms with van der Waals surface area (Å²) in [6.45, 7) is 9.72. The van der Waals surface area contributed by atoms with Crippen LogP contribution in [0.4, 0.5) is 0 Å². The van der Waals surface area contributed by atoms with E-state index in [1.165, 1.54) is 11.4 Å². The van der Waals surface area contributed by atoms with Crippen LogP contribution in [0, 0.1) is 11.8 Å². The van der Waals surface area contributed by atoms with Crippen molar-refractivity contribution in [2.24, 2.45) is 16.8 Å². The monoisotopic (exact) mass is 420 g/mol. The quantitative estimate of drug-likeness (QED) is 0.747. The largest absolute Gasteiger partial charge is 0.313 e. The van der Waals surface area contributed by atoms with Crippen molar-refractivity contribution in [2.75, 3.05) is 26.2 Å². The van der Waals surface area contributed by atoms with Crippen molar-refractivity contribution >= 4 is 5.71 Å². The summed E-state index contributed by atoms with van der Waals surface area (Å²) in [5.74, 6) is 1.78. The highest BCUT2D eigenvalue weighted by Crippen LogP contribution is 2.43. The summed E-state index contributed by atoms with van der Waals surface area (Å²) < 4.78 is 3.86. The van der Waals surface area contributed by atoms with E-state index in [9.17, 15) is 9.59 Å². The molecule has 0 amide bonds. The third-order valence-corrected chi connectivity index (χ3v) is 7.40. The molecule has 6 rings (SSSR count). The summed E-state index contributed by atoms with van der Waals surface area (Å²) in [6.07, 6.45) is 2.26. The van der Waals surface area contributed by atoms with Gasteiger partial charge in [0.15, 0.2) is 0 Å². The molecule has 0 aromatic carbocycles. The van der Waals surface area contributed by atoms with Crippen LogP contribution < -0.4 is 11.1 Å². The molecule has 31 heavy (non-hydrogen) atoms. The molecule has 2 fully saturated rings. The van der Waals surface area contributed by atoms with Crippen LogP contribution >= 0.6 is 0 Å². The van der Waals surface area contributed by atoms with Crippen molar-refractivity contribution in [1.29, 1.82) is 0 Å². The Hall–Kier alpha value is -2.47. The summed E-state index contributed by atoms with van der Waals surface area (Å²) in [5.41, 5.74) is 3.84. The predicted octanol–water partition coefficient (Wildman–Crippen LogP) is 2.71. The molecule has 164 valence electrons. The minimum atomic E-state index is 0.104. The lowest BCUT2D eigenvalue weighted by Gasteiger charge is -2.44. The summed E-state index contributed by atoms with van der Waals surface area (Å²) in [6, 6.07) is 11.3. The van der Waals surface area contributed by atoms with Gasteiger partial charge in [-0.15, -0.1) is 0 Å². The molecule has 1 aliphatic carbocycles. The number of piperidine rings is 1. The molecule has 6 heteroatoms. The van der Waals surface area contributed by atoms with Gasteiger partial charge in [-0.05, 0) is 37.8 Å². The number of hydrogen-bond acceptors (Lipinski definition) is 4. The van der Waals surface area contributed by atoms with Crippen molar-refractivity contribution < 1.29 is 0 Å². The minimum Gasteiger partial charge on any atom is -0.313 e. The summed E-state index contributed by atoms with van der Waals surface area (Å²) in [5, 5.41) is 0. The molecule has 4 atom stereocenters. The summed E-state index contributed by atoms with van der Waals surface area (Å²) >= 11 is 0. The maximum atomic E-state index is 12.3. The first-order chi connectivity index (χ1) is 15.0. The number of rotatable bonds is 5. The Kier molecular flexibility index (Phi) is 5.42. The molecule has 2 aromatic heterocycles. The van der Waals surface area contributed by atoms with Crippen LogP contribution in [0.1, 0.15) is 49.9 Å². The van der Waals surface area contributed by atoms with Crippen LogP contribution in [-0.4, -0.2) is 45.9 Å². The standard InChI is InChI=1S/C25H32N4O2/c1-3-28-21(6-4-8-23(28)30)18-12-17(2)14-27(15-18)11-10-26-25-19-13-20(25)22-7-5-9-24(31)29(22)16-19/h4-9,17-20H,3,10-16H2,1-2H3/b26-25+. The van der Waals surface area contributed by atoms with Crippen LogP contribution in [0.3, 0.4) is 0 Å². The Balaban J connectivity index is 1.26. The van der Waals surface area contributed by atoms with Crippen LogP contribution in [-0.2, 0) is 13.1 Å². The first-order valence-corrected chi connectivity index (χ1v) is 11.7. The Morgan fingerprint density at radius 1 is 0.935 bits per heavy atom. The summed E-state index contributed by atoms with van der Waals surface area (Å²) in [7, 11) is 0. The van der Waals surface area contributed by atoms with E-state index in [2.05, 4.69) is 24.0 Å². The van der Waals surface area contributed by atoms with E-state index in [-0.39, 0.29) is 11.1 Å². The van der Waals surface area contributed by atoms with Gasteiger partial charge < -0.3 is 14.0 Å². The number of aliphatic imine (C=N–C) groups is 1. The van der Waals surface area contributed by atoms with Gasteiger partial charge >= 0.3 is 0 Å². The fourth-order valence-corrected chi connectivity index (χ4v) is 6.00. The number of pyridine rings is 2. The second-order valence-electron chi connectivity index (χ2n) is 9.52. The molecule has 5 heterocycles. The lowest BCUT2D eigenvalue weighted by molar-refractivity contribution is 0.164. The van der Waals surface area contributed by atoms with E-state index < -0.39 is 0 Å². The molecule has 4 aliphatic rings. The van der Waals surface area contributed by atoms with Crippen LogP contribution in [0.15, 0.2) is 51.0 Å². The van der Waals surface area contributed by atoms with E-state index in [0.29, 0.717) is 23.7 Å². The van der Waals surface area contributed by atoms with Crippen molar-refractivity contribution in [3.05, 3.63) is 68.5 Å². The second-order valence-corrected chi connectivity index (χ2v) is 9.52. The molecule has 0 N–H and O–H groups in total. The smallest absolute Gasteiger partial charge is 0.250 e. The molecule has 2 aromatic rings. The maximum Gasteiger partial charge on any atom is 0.250 e. The van der Waals surface area contributed by atoms with Gasteiger partial charge in [0.25, 0.3) is 11.1 Å². The highest BCUT2D eigenvalue weighted by atomic mass is 16.1. The van der Waals surface area contributed by atoms with Crippen molar-refractivity contribution in [2.45, 2.75) is 51.6 Å². The lowest BCUT2D eigenvalue weighted by atomic mass is 9.68. The predicted molar refractivity (Wildman–Crippen MR) is 123 cm³/mol. The van der Waals surface area contributed by atoms with Crippen LogP contribution in [0.5, 0.6) is 0 Å². The fourth-order valence-electron chi connectivity index (χ4n) is 6.00. The molecule has 6 nitrogen and oxygen atoms in total. The third-order valence-electron chi connectivity index (χ3n) is 7.40. The fraction of sp³-hybridized carbons (Fsp3) is 0.560. The molecular weight excluding hydrogens is 388 g/mol. The maximum absolute atomic E-state index is 12.3. The average Bonchev–Trinajstić information content (AvgIpc) is 2.76. The lowest BCUT2D eigenvalue weighted by Crippen LogP contribution is -2.48. The Bertz CT molecular complexity index is 1110. The Morgan fingerprint density at radius 3 is 2.52 bits per heavy atom. The van der Waals surface area contributed by atoms with E-state index in [1.807, 2.05) is 28.2 Å².